The number of rotatable bonds is 0. The van der Waals surface area contributed by atoms with E-state index in [1.807, 2.05) is 0 Å². The van der Waals surface area contributed by atoms with Crippen molar-refractivity contribution in [3.63, 3.8) is 0 Å². The summed E-state index contributed by atoms with van der Waals surface area (Å²) in [7, 11) is 0. The molecule has 0 spiro atoms. The van der Waals surface area contributed by atoms with Crippen molar-refractivity contribution < 1.29 is 0 Å². The maximum absolute atomic E-state index is 2.39. The number of hydrogen-bond donors (Lipinski definition) is 0. The molecule has 0 amide bonds. The van der Waals surface area contributed by atoms with Gasteiger partial charge >= 0.3 is 0 Å². The topological polar surface area (TPSA) is 0 Å². The minimum absolute atomic E-state index is 0.560. The molecule has 3 fully saturated rings. The lowest BCUT2D eigenvalue weighted by atomic mass is 9.76. The molecule has 3 saturated carbocycles. The van der Waals surface area contributed by atoms with Crippen LogP contribution in [0.15, 0.2) is 0 Å². The van der Waals surface area contributed by atoms with E-state index in [0.717, 1.165) is 17.8 Å². The van der Waals surface area contributed by atoms with Crippen LogP contribution in [0.4, 0.5) is 0 Å². The first-order valence-corrected chi connectivity index (χ1v) is 13.3. The van der Waals surface area contributed by atoms with Crippen LogP contribution in [0, 0.1) is 34.0 Å². The van der Waals surface area contributed by atoms with Crippen molar-refractivity contribution in [2.45, 2.75) is 152 Å². The van der Waals surface area contributed by atoms with Gasteiger partial charge in [-0.15, -0.1) is 0 Å². The van der Waals surface area contributed by atoms with Crippen molar-refractivity contribution in [2.75, 3.05) is 0 Å². The fraction of sp³-hybridized carbons (Fsp3) is 1.00. The predicted octanol–water partition coefficient (Wildman–Crippen LogP) is 10.4. The second-order valence-corrected chi connectivity index (χ2v) is 13.7. The zero-order chi connectivity index (χ0) is 22.1. The molecule has 0 saturated heterocycles. The van der Waals surface area contributed by atoms with Crippen LogP contribution in [0.2, 0.25) is 0 Å². The molecule has 3 aliphatic carbocycles. The van der Waals surface area contributed by atoms with Gasteiger partial charge in [-0.3, -0.25) is 0 Å². The summed E-state index contributed by atoms with van der Waals surface area (Å²) in [5, 5.41) is 0. The molecule has 0 aromatic rings. The molecule has 0 heterocycles. The molecule has 0 aromatic carbocycles. The molecule has 0 nitrogen and oxygen atoms in total. The summed E-state index contributed by atoms with van der Waals surface area (Å²) in [6, 6.07) is 0. The Bertz CT molecular complexity index is 365. The smallest absolute Gasteiger partial charge is 0.0354 e. The molecule has 0 atom stereocenters. The van der Waals surface area contributed by atoms with E-state index >= 15 is 0 Å². The minimum Gasteiger partial charge on any atom is -0.0599 e. The van der Waals surface area contributed by atoms with Crippen LogP contribution in [0.5, 0.6) is 0 Å². The molecule has 29 heavy (non-hydrogen) atoms. The van der Waals surface area contributed by atoms with Gasteiger partial charge in [0, 0.05) is 0 Å². The zero-order valence-corrected chi connectivity index (χ0v) is 22.1. The van der Waals surface area contributed by atoms with Crippen LogP contribution in [-0.2, 0) is 0 Å². The van der Waals surface area contributed by atoms with Gasteiger partial charge in [0.2, 0.25) is 0 Å². The van der Waals surface area contributed by atoms with Gasteiger partial charge in [0.1, 0.15) is 0 Å². The Morgan fingerprint density at radius 2 is 0.483 bits per heavy atom. The zero-order valence-electron chi connectivity index (χ0n) is 22.1. The molecule has 0 radical (unpaired) electrons. The van der Waals surface area contributed by atoms with Gasteiger partial charge in [0.25, 0.3) is 0 Å². The molecule has 0 heteroatoms. The second-order valence-electron chi connectivity index (χ2n) is 13.7. The van der Waals surface area contributed by atoms with E-state index in [1.165, 1.54) is 89.9 Å². The van der Waals surface area contributed by atoms with E-state index in [4.69, 9.17) is 0 Å². The predicted molar refractivity (Wildman–Crippen MR) is 133 cm³/mol. The standard InChI is InChI=1S/C11H22.2C9H18/c1-11(2,3)10-8-6-4-5-7-9-10;2*1-9(2,3)8-6-4-5-7-8/h10H,4-9H2,1-3H3;2*8H,4-7H2,1-3H3. The number of hydrogen-bond acceptors (Lipinski definition) is 0. The molecule has 0 bridgehead atoms. The fourth-order valence-electron chi connectivity index (χ4n) is 5.73. The monoisotopic (exact) mass is 406 g/mol. The highest BCUT2D eigenvalue weighted by Gasteiger charge is 2.28. The average molecular weight is 407 g/mol. The fourth-order valence-corrected chi connectivity index (χ4v) is 5.73. The Hall–Kier alpha value is 0. The summed E-state index contributed by atoms with van der Waals surface area (Å²) in [6.07, 6.45) is 20.7. The van der Waals surface area contributed by atoms with E-state index in [-0.39, 0.29) is 0 Å². The maximum atomic E-state index is 2.39. The van der Waals surface area contributed by atoms with Crippen LogP contribution < -0.4 is 0 Å². The quantitative estimate of drug-likeness (QED) is 0.351. The Labute approximate surface area is 186 Å². The van der Waals surface area contributed by atoms with Gasteiger partial charge in [-0.1, -0.05) is 114 Å². The van der Waals surface area contributed by atoms with Gasteiger partial charge in [0.05, 0.1) is 0 Å². The third kappa shape index (κ3) is 11.3. The molecular formula is C29H58. The lowest BCUT2D eigenvalue weighted by molar-refractivity contribution is 0.215. The molecule has 0 aliphatic heterocycles. The third-order valence-electron chi connectivity index (χ3n) is 8.24. The van der Waals surface area contributed by atoms with Gasteiger partial charge in [-0.25, -0.2) is 0 Å². The van der Waals surface area contributed by atoms with Crippen molar-refractivity contribution >= 4 is 0 Å². The van der Waals surface area contributed by atoms with Crippen molar-refractivity contribution in [1.82, 2.24) is 0 Å². The van der Waals surface area contributed by atoms with Crippen LogP contribution in [0.1, 0.15) is 152 Å². The molecule has 174 valence electrons. The van der Waals surface area contributed by atoms with E-state index in [0.29, 0.717) is 16.2 Å². The van der Waals surface area contributed by atoms with E-state index in [2.05, 4.69) is 62.3 Å². The van der Waals surface area contributed by atoms with Crippen molar-refractivity contribution in [1.29, 1.82) is 0 Å². The highest BCUT2D eigenvalue weighted by molar-refractivity contribution is 4.79. The van der Waals surface area contributed by atoms with E-state index in [1.54, 1.807) is 0 Å². The lowest BCUT2D eigenvalue weighted by Crippen LogP contribution is -2.19. The average Bonchev–Trinajstić information content (AvgIpc) is 3.24. The van der Waals surface area contributed by atoms with Crippen LogP contribution in [0.25, 0.3) is 0 Å². The van der Waals surface area contributed by atoms with Crippen LogP contribution >= 0.6 is 0 Å². The van der Waals surface area contributed by atoms with E-state index < -0.39 is 0 Å². The summed E-state index contributed by atoms with van der Waals surface area (Å²) < 4.78 is 0. The highest BCUT2D eigenvalue weighted by atomic mass is 14.3. The molecule has 3 rings (SSSR count). The van der Waals surface area contributed by atoms with Crippen molar-refractivity contribution in [3.05, 3.63) is 0 Å². The molecule has 0 N–H and O–H groups in total. The Balaban J connectivity index is 0.000000219. The van der Waals surface area contributed by atoms with Gasteiger partial charge in [-0.05, 0) is 72.5 Å². The molecule has 3 aliphatic rings. The Kier molecular flexibility index (Phi) is 11.3. The van der Waals surface area contributed by atoms with Crippen LogP contribution in [0.3, 0.4) is 0 Å². The van der Waals surface area contributed by atoms with Crippen molar-refractivity contribution in [3.8, 4) is 0 Å². The summed E-state index contributed by atoms with van der Waals surface area (Å²) >= 11 is 0. The third-order valence-corrected chi connectivity index (χ3v) is 8.24. The summed E-state index contributed by atoms with van der Waals surface area (Å²) in [5.41, 5.74) is 1.72. The van der Waals surface area contributed by atoms with Gasteiger partial charge in [-0.2, -0.15) is 0 Å². The Morgan fingerprint density at radius 3 is 0.655 bits per heavy atom. The van der Waals surface area contributed by atoms with E-state index in [9.17, 15) is 0 Å². The summed E-state index contributed by atoms with van der Waals surface area (Å²) in [6.45, 7) is 21.4. The highest BCUT2D eigenvalue weighted by Crippen LogP contribution is 2.39. The maximum Gasteiger partial charge on any atom is -0.0354 e. The van der Waals surface area contributed by atoms with Crippen LogP contribution in [-0.4, -0.2) is 0 Å². The largest absolute Gasteiger partial charge is 0.0599 e. The SMILES string of the molecule is CC(C)(C)C1CCCC1.CC(C)(C)C1CCCC1.CC(C)(C)C1CCCCCC1. The minimum atomic E-state index is 0.560. The van der Waals surface area contributed by atoms with Gasteiger partial charge in [0.15, 0.2) is 0 Å². The first kappa shape index (κ1) is 27.0. The molecule has 0 aromatic heterocycles. The van der Waals surface area contributed by atoms with Gasteiger partial charge < -0.3 is 0 Å². The summed E-state index contributed by atoms with van der Waals surface area (Å²) in [4.78, 5) is 0. The van der Waals surface area contributed by atoms with Crippen molar-refractivity contribution in [2.24, 2.45) is 34.0 Å². The summed E-state index contributed by atoms with van der Waals surface area (Å²) in [5.74, 6) is 3.01. The lowest BCUT2D eigenvalue weighted by Gasteiger charge is -2.29. The molecular weight excluding hydrogens is 348 g/mol. The first-order chi connectivity index (χ1) is 13.3. The first-order valence-electron chi connectivity index (χ1n) is 13.3. The normalized spacial score (nSPS) is 23.1. The second kappa shape index (κ2) is 12.1. The Morgan fingerprint density at radius 1 is 0.310 bits per heavy atom. The molecule has 0 unspecified atom stereocenters.